The van der Waals surface area contributed by atoms with Gasteiger partial charge in [0.05, 0.1) is 0 Å². The van der Waals surface area contributed by atoms with E-state index in [0.717, 1.165) is 6.42 Å². The Labute approximate surface area is 106 Å². The summed E-state index contributed by atoms with van der Waals surface area (Å²) in [7, 11) is 0. The summed E-state index contributed by atoms with van der Waals surface area (Å²) in [6.45, 7) is 5.49. The molecule has 1 atom stereocenters. The molecule has 0 saturated carbocycles. The van der Waals surface area contributed by atoms with Crippen LogP contribution in [0.4, 0.5) is 5.69 Å². The van der Waals surface area contributed by atoms with Crippen molar-refractivity contribution in [3.8, 4) is 5.75 Å². The number of hydrogen-bond acceptors (Lipinski definition) is 3. The zero-order chi connectivity index (χ0) is 13.7. The van der Waals surface area contributed by atoms with Crippen molar-refractivity contribution in [3.05, 3.63) is 23.8 Å². The smallest absolute Gasteiger partial charge is 0.313 e. The fraction of sp³-hybridized carbons (Fsp3) is 0.385. The Morgan fingerprint density at radius 1 is 1.33 bits per heavy atom. The van der Waals surface area contributed by atoms with Crippen LogP contribution in [0.5, 0.6) is 5.75 Å². The second kappa shape index (κ2) is 6.05. The average molecular weight is 250 g/mol. The fourth-order valence-corrected chi connectivity index (χ4v) is 1.36. The molecule has 2 amide bonds. The van der Waals surface area contributed by atoms with Gasteiger partial charge in [-0.1, -0.05) is 6.92 Å². The Balaban J connectivity index is 2.67. The lowest BCUT2D eigenvalue weighted by molar-refractivity contribution is -0.136. The highest BCUT2D eigenvalue weighted by molar-refractivity contribution is 6.39. The minimum atomic E-state index is -0.705. The summed E-state index contributed by atoms with van der Waals surface area (Å²) in [4.78, 5) is 23.1. The molecule has 1 aromatic carbocycles. The van der Waals surface area contributed by atoms with Crippen molar-refractivity contribution in [1.82, 2.24) is 5.32 Å². The van der Waals surface area contributed by atoms with Gasteiger partial charge < -0.3 is 15.7 Å². The van der Waals surface area contributed by atoms with Crippen LogP contribution in [0, 0.1) is 6.92 Å². The Kier molecular flexibility index (Phi) is 4.71. The molecule has 0 spiro atoms. The number of aromatic hydroxyl groups is 1. The van der Waals surface area contributed by atoms with E-state index in [2.05, 4.69) is 10.6 Å². The van der Waals surface area contributed by atoms with Gasteiger partial charge in [0.25, 0.3) is 0 Å². The SMILES string of the molecule is CCC(C)NC(=O)C(=O)Nc1ccc(O)cc1C. The molecule has 5 heteroatoms. The molecule has 0 aliphatic heterocycles. The van der Waals surface area contributed by atoms with E-state index in [9.17, 15) is 14.7 Å². The lowest BCUT2D eigenvalue weighted by atomic mass is 10.2. The van der Waals surface area contributed by atoms with Crippen molar-refractivity contribution < 1.29 is 14.7 Å². The van der Waals surface area contributed by atoms with E-state index in [1.165, 1.54) is 12.1 Å². The molecule has 98 valence electrons. The van der Waals surface area contributed by atoms with E-state index in [0.29, 0.717) is 11.3 Å². The first kappa shape index (κ1) is 14.0. The van der Waals surface area contributed by atoms with E-state index in [1.54, 1.807) is 13.0 Å². The summed E-state index contributed by atoms with van der Waals surface area (Å²) >= 11 is 0. The lowest BCUT2D eigenvalue weighted by Crippen LogP contribution is -2.40. The number of phenols is 1. The first-order valence-corrected chi connectivity index (χ1v) is 5.85. The molecule has 0 aliphatic rings. The summed E-state index contributed by atoms with van der Waals surface area (Å²) in [5, 5.41) is 14.3. The van der Waals surface area contributed by atoms with Gasteiger partial charge in [0.2, 0.25) is 0 Å². The first-order chi connectivity index (χ1) is 8.43. The number of benzene rings is 1. The van der Waals surface area contributed by atoms with Gasteiger partial charge in [-0.05, 0) is 44.0 Å². The van der Waals surface area contributed by atoms with Crippen molar-refractivity contribution in [2.24, 2.45) is 0 Å². The average Bonchev–Trinajstić information content (AvgIpc) is 2.32. The predicted molar refractivity (Wildman–Crippen MR) is 69.4 cm³/mol. The van der Waals surface area contributed by atoms with Crippen LogP contribution in [0.25, 0.3) is 0 Å². The Morgan fingerprint density at radius 3 is 2.56 bits per heavy atom. The van der Waals surface area contributed by atoms with Crippen LogP contribution in [0.3, 0.4) is 0 Å². The van der Waals surface area contributed by atoms with Crippen LogP contribution in [-0.4, -0.2) is 23.0 Å². The van der Waals surface area contributed by atoms with Crippen molar-refractivity contribution >= 4 is 17.5 Å². The van der Waals surface area contributed by atoms with Crippen molar-refractivity contribution in [2.45, 2.75) is 33.2 Å². The quantitative estimate of drug-likeness (QED) is 0.562. The summed E-state index contributed by atoms with van der Waals surface area (Å²) in [6, 6.07) is 4.49. The normalized spacial score (nSPS) is 11.7. The van der Waals surface area contributed by atoms with Gasteiger partial charge in [-0.2, -0.15) is 0 Å². The zero-order valence-electron chi connectivity index (χ0n) is 10.8. The van der Waals surface area contributed by atoms with Crippen LogP contribution < -0.4 is 10.6 Å². The summed E-state index contributed by atoms with van der Waals surface area (Å²) in [6.07, 6.45) is 0.761. The number of phenolic OH excluding ortho intramolecular Hbond substituents is 1. The van der Waals surface area contributed by atoms with Gasteiger partial charge in [0, 0.05) is 11.7 Å². The maximum atomic E-state index is 11.6. The monoisotopic (exact) mass is 250 g/mol. The highest BCUT2D eigenvalue weighted by Gasteiger charge is 2.16. The number of anilines is 1. The van der Waals surface area contributed by atoms with E-state index in [1.807, 2.05) is 13.8 Å². The molecule has 0 bridgehead atoms. The molecule has 0 aliphatic carbocycles. The third kappa shape index (κ3) is 3.76. The number of nitrogens with one attached hydrogen (secondary N) is 2. The van der Waals surface area contributed by atoms with Crippen LogP contribution in [0.2, 0.25) is 0 Å². The number of aryl methyl sites for hydroxylation is 1. The topological polar surface area (TPSA) is 78.4 Å². The van der Waals surface area contributed by atoms with Crippen molar-refractivity contribution in [2.75, 3.05) is 5.32 Å². The minimum absolute atomic E-state index is 0.0378. The predicted octanol–water partition coefficient (Wildman–Crippen LogP) is 1.55. The molecule has 3 N–H and O–H groups in total. The second-order valence-electron chi connectivity index (χ2n) is 4.24. The summed E-state index contributed by atoms with van der Waals surface area (Å²) < 4.78 is 0. The number of carbonyl (C=O) groups excluding carboxylic acids is 2. The fourth-order valence-electron chi connectivity index (χ4n) is 1.36. The van der Waals surface area contributed by atoms with E-state index < -0.39 is 11.8 Å². The summed E-state index contributed by atoms with van der Waals surface area (Å²) in [5.74, 6) is -1.24. The molecule has 0 heterocycles. The first-order valence-electron chi connectivity index (χ1n) is 5.85. The zero-order valence-corrected chi connectivity index (χ0v) is 10.8. The highest BCUT2D eigenvalue weighted by atomic mass is 16.3. The van der Waals surface area contributed by atoms with Crippen molar-refractivity contribution in [1.29, 1.82) is 0 Å². The molecule has 0 saturated heterocycles. The molecule has 18 heavy (non-hydrogen) atoms. The highest BCUT2D eigenvalue weighted by Crippen LogP contribution is 2.19. The molecule has 5 nitrogen and oxygen atoms in total. The molecular weight excluding hydrogens is 232 g/mol. The standard InChI is InChI=1S/C13H18N2O3/c1-4-9(3)14-12(17)13(18)15-11-6-5-10(16)7-8(11)2/h5-7,9,16H,4H2,1-3H3,(H,14,17)(H,15,18). The molecule has 1 unspecified atom stereocenters. The Hall–Kier alpha value is -2.04. The van der Waals surface area contributed by atoms with Crippen LogP contribution in [0.1, 0.15) is 25.8 Å². The third-order valence-corrected chi connectivity index (χ3v) is 2.65. The molecule has 0 radical (unpaired) electrons. The number of rotatable bonds is 3. The molecular formula is C13H18N2O3. The largest absolute Gasteiger partial charge is 0.508 e. The number of hydrogen-bond donors (Lipinski definition) is 3. The Bertz CT molecular complexity index is 458. The van der Waals surface area contributed by atoms with Crippen molar-refractivity contribution in [3.63, 3.8) is 0 Å². The maximum Gasteiger partial charge on any atom is 0.313 e. The van der Waals surface area contributed by atoms with Crippen LogP contribution in [-0.2, 0) is 9.59 Å². The number of amides is 2. The van der Waals surface area contributed by atoms with Gasteiger partial charge in [-0.15, -0.1) is 0 Å². The van der Waals surface area contributed by atoms with E-state index >= 15 is 0 Å². The third-order valence-electron chi connectivity index (χ3n) is 2.65. The van der Waals surface area contributed by atoms with Gasteiger partial charge in [0.1, 0.15) is 5.75 Å². The second-order valence-corrected chi connectivity index (χ2v) is 4.24. The van der Waals surface area contributed by atoms with Gasteiger partial charge in [-0.25, -0.2) is 0 Å². The van der Waals surface area contributed by atoms with Gasteiger partial charge in [0.15, 0.2) is 0 Å². The van der Waals surface area contributed by atoms with E-state index in [-0.39, 0.29) is 11.8 Å². The van der Waals surface area contributed by atoms with Crippen LogP contribution >= 0.6 is 0 Å². The maximum absolute atomic E-state index is 11.6. The molecule has 1 rings (SSSR count). The van der Waals surface area contributed by atoms with Gasteiger partial charge in [-0.3, -0.25) is 9.59 Å². The van der Waals surface area contributed by atoms with Gasteiger partial charge >= 0.3 is 11.8 Å². The number of carbonyl (C=O) groups is 2. The molecule has 1 aromatic rings. The molecule has 0 aromatic heterocycles. The van der Waals surface area contributed by atoms with Crippen LogP contribution in [0.15, 0.2) is 18.2 Å². The molecule has 0 fully saturated rings. The minimum Gasteiger partial charge on any atom is -0.508 e. The summed E-state index contributed by atoms with van der Waals surface area (Å²) in [5.41, 5.74) is 1.21. The Morgan fingerprint density at radius 2 is 2.00 bits per heavy atom. The van der Waals surface area contributed by atoms with E-state index in [4.69, 9.17) is 0 Å². The lowest BCUT2D eigenvalue weighted by Gasteiger charge is -2.12.